The quantitative estimate of drug-likeness (QED) is 0.340. The molecule has 0 amide bonds. The second kappa shape index (κ2) is 10.7. The summed E-state index contributed by atoms with van der Waals surface area (Å²) in [6, 6.07) is 10.2. The number of piperazine rings is 1. The monoisotopic (exact) mass is 504 g/mol. The van der Waals surface area contributed by atoms with Crippen LogP contribution in [0.2, 0.25) is 0 Å². The molecule has 9 heteroatoms. The zero-order valence-corrected chi connectivity index (χ0v) is 22.0. The Labute approximate surface area is 215 Å². The predicted octanol–water partition coefficient (Wildman–Crippen LogP) is 5.43. The van der Waals surface area contributed by atoms with Gasteiger partial charge in [0.15, 0.2) is 0 Å². The molecule has 1 N–H and O–H groups in total. The molecule has 36 heavy (non-hydrogen) atoms. The van der Waals surface area contributed by atoms with Crippen LogP contribution in [-0.2, 0) is 0 Å². The van der Waals surface area contributed by atoms with Crippen LogP contribution in [0.1, 0.15) is 20.8 Å². The van der Waals surface area contributed by atoms with E-state index in [-0.39, 0.29) is 6.10 Å². The summed E-state index contributed by atoms with van der Waals surface area (Å²) in [6.45, 7) is 10.7. The van der Waals surface area contributed by atoms with Gasteiger partial charge in [0.05, 0.1) is 34.8 Å². The summed E-state index contributed by atoms with van der Waals surface area (Å²) in [6.07, 6.45) is 3.65. The molecular weight excluding hydrogens is 472 g/mol. The average molecular weight is 505 g/mol. The van der Waals surface area contributed by atoms with E-state index in [2.05, 4.69) is 55.7 Å². The number of pyridine rings is 1. The van der Waals surface area contributed by atoms with E-state index in [0.717, 1.165) is 59.0 Å². The lowest BCUT2D eigenvalue weighted by Crippen LogP contribution is -2.44. The minimum absolute atomic E-state index is 0.0442. The van der Waals surface area contributed by atoms with Crippen molar-refractivity contribution in [3.8, 4) is 22.8 Å². The van der Waals surface area contributed by atoms with Crippen LogP contribution in [0, 0.1) is 0 Å². The van der Waals surface area contributed by atoms with Gasteiger partial charge in [0.1, 0.15) is 5.75 Å². The van der Waals surface area contributed by atoms with Crippen LogP contribution >= 0.6 is 11.3 Å². The highest BCUT2D eigenvalue weighted by Gasteiger charge is 2.18. The van der Waals surface area contributed by atoms with Crippen molar-refractivity contribution in [2.75, 3.05) is 50.1 Å². The normalized spacial score (nSPS) is 14.4. The topological polar surface area (TPSA) is 75.6 Å². The number of anilines is 3. The molecule has 4 aromatic rings. The first-order valence-corrected chi connectivity index (χ1v) is 13.2. The molecule has 1 saturated heterocycles. The third kappa shape index (κ3) is 5.22. The molecule has 0 atom stereocenters. The van der Waals surface area contributed by atoms with Gasteiger partial charge in [-0.3, -0.25) is 0 Å². The highest BCUT2D eigenvalue weighted by atomic mass is 32.1. The summed E-state index contributed by atoms with van der Waals surface area (Å²) in [5.74, 6) is 1.92. The van der Waals surface area contributed by atoms with Gasteiger partial charge in [-0.25, -0.2) is 15.0 Å². The highest BCUT2D eigenvalue weighted by Crippen LogP contribution is 2.38. The first-order valence-electron chi connectivity index (χ1n) is 12.4. The molecule has 4 heterocycles. The minimum Gasteiger partial charge on any atom is -0.489 e. The average Bonchev–Trinajstić information content (AvgIpc) is 3.29. The van der Waals surface area contributed by atoms with E-state index in [1.807, 2.05) is 39.1 Å². The van der Waals surface area contributed by atoms with E-state index >= 15 is 0 Å². The van der Waals surface area contributed by atoms with Gasteiger partial charge >= 0.3 is 0 Å². The summed E-state index contributed by atoms with van der Waals surface area (Å²) in [7, 11) is 2.17. The molecule has 3 aromatic heterocycles. The minimum atomic E-state index is 0.0442. The maximum Gasteiger partial charge on any atom is 0.227 e. The van der Waals surface area contributed by atoms with Crippen molar-refractivity contribution in [3.05, 3.63) is 48.1 Å². The van der Waals surface area contributed by atoms with Gasteiger partial charge in [-0.05, 0) is 52.1 Å². The van der Waals surface area contributed by atoms with Gasteiger partial charge < -0.3 is 24.6 Å². The number of benzene rings is 1. The maximum absolute atomic E-state index is 6.20. The molecule has 0 radical (unpaired) electrons. The Morgan fingerprint density at radius 3 is 2.69 bits per heavy atom. The van der Waals surface area contributed by atoms with Crippen LogP contribution < -0.4 is 19.7 Å². The standard InChI is InChI=1S/C27H32N6O2S/c1-5-34-26-20(7-6-10-28-26)21-17-36-24-16-29-27(31-25(21)24)30-22-9-8-19(15-23(22)35-18(2)3)33-13-11-32(4)12-14-33/h6-10,15-18H,5,11-14H2,1-4H3,(H,29,30,31). The molecule has 188 valence electrons. The third-order valence-corrected chi connectivity index (χ3v) is 7.01. The van der Waals surface area contributed by atoms with Crippen molar-refractivity contribution in [1.29, 1.82) is 0 Å². The van der Waals surface area contributed by atoms with E-state index in [4.69, 9.17) is 14.5 Å². The number of nitrogens with zero attached hydrogens (tertiary/aromatic N) is 5. The van der Waals surface area contributed by atoms with Gasteiger partial charge in [-0.2, -0.15) is 0 Å². The number of thiophene rings is 1. The van der Waals surface area contributed by atoms with E-state index in [1.165, 1.54) is 5.69 Å². The lowest BCUT2D eigenvalue weighted by Gasteiger charge is -2.34. The Hall–Kier alpha value is -3.43. The zero-order valence-electron chi connectivity index (χ0n) is 21.2. The molecule has 0 unspecified atom stereocenters. The Morgan fingerprint density at radius 1 is 1.08 bits per heavy atom. The Balaban J connectivity index is 1.46. The first kappa shape index (κ1) is 24.3. The van der Waals surface area contributed by atoms with Crippen LogP contribution in [0.25, 0.3) is 21.3 Å². The number of aromatic nitrogens is 3. The van der Waals surface area contributed by atoms with Crippen molar-refractivity contribution in [2.45, 2.75) is 26.9 Å². The highest BCUT2D eigenvalue weighted by molar-refractivity contribution is 7.17. The lowest BCUT2D eigenvalue weighted by atomic mass is 10.1. The lowest BCUT2D eigenvalue weighted by molar-refractivity contribution is 0.243. The molecule has 1 aromatic carbocycles. The Kier molecular flexibility index (Phi) is 7.20. The second-order valence-corrected chi connectivity index (χ2v) is 10.0. The van der Waals surface area contributed by atoms with Crippen LogP contribution in [0.4, 0.5) is 17.3 Å². The van der Waals surface area contributed by atoms with Crippen molar-refractivity contribution in [1.82, 2.24) is 19.9 Å². The van der Waals surface area contributed by atoms with E-state index in [9.17, 15) is 0 Å². The molecule has 0 saturated carbocycles. The van der Waals surface area contributed by atoms with E-state index in [0.29, 0.717) is 18.4 Å². The number of ether oxygens (including phenoxy) is 2. The fourth-order valence-electron chi connectivity index (χ4n) is 4.27. The van der Waals surface area contributed by atoms with Crippen molar-refractivity contribution < 1.29 is 9.47 Å². The van der Waals surface area contributed by atoms with Gasteiger partial charge in [-0.15, -0.1) is 11.3 Å². The van der Waals surface area contributed by atoms with Gasteiger partial charge in [0.2, 0.25) is 11.8 Å². The number of rotatable bonds is 8. The summed E-state index contributed by atoms with van der Waals surface area (Å²) in [5.41, 5.74) is 4.79. The van der Waals surface area contributed by atoms with Crippen LogP contribution in [0.15, 0.2) is 48.1 Å². The molecule has 0 spiro atoms. The Morgan fingerprint density at radius 2 is 1.92 bits per heavy atom. The molecule has 8 nitrogen and oxygen atoms in total. The third-order valence-electron chi connectivity index (χ3n) is 6.10. The van der Waals surface area contributed by atoms with Crippen LogP contribution in [0.5, 0.6) is 11.6 Å². The fourth-order valence-corrected chi connectivity index (χ4v) is 5.14. The fraction of sp³-hybridized carbons (Fsp3) is 0.370. The first-order chi connectivity index (χ1) is 17.5. The number of hydrogen-bond acceptors (Lipinski definition) is 9. The molecular formula is C27H32N6O2S. The predicted molar refractivity (Wildman–Crippen MR) is 147 cm³/mol. The van der Waals surface area contributed by atoms with Crippen LogP contribution in [-0.4, -0.2) is 65.8 Å². The second-order valence-electron chi connectivity index (χ2n) is 9.11. The maximum atomic E-state index is 6.20. The molecule has 0 aliphatic carbocycles. The SMILES string of the molecule is CCOc1ncccc1-c1csc2cnc(Nc3ccc(N4CCN(C)CC4)cc3OC(C)C)nc12. The molecule has 1 aliphatic rings. The van der Waals surface area contributed by atoms with E-state index < -0.39 is 0 Å². The van der Waals surface area contributed by atoms with Crippen molar-refractivity contribution >= 4 is 38.9 Å². The number of fused-ring (bicyclic) bond motifs is 1. The summed E-state index contributed by atoms with van der Waals surface area (Å²) < 4.78 is 13.0. The van der Waals surface area contributed by atoms with Crippen molar-refractivity contribution in [3.63, 3.8) is 0 Å². The number of hydrogen-bond donors (Lipinski definition) is 1. The summed E-state index contributed by atoms with van der Waals surface area (Å²) in [4.78, 5) is 18.6. The molecule has 1 aliphatic heterocycles. The molecule has 5 rings (SSSR count). The van der Waals surface area contributed by atoms with E-state index in [1.54, 1.807) is 17.5 Å². The molecule has 1 fully saturated rings. The summed E-state index contributed by atoms with van der Waals surface area (Å²) in [5, 5.41) is 5.48. The molecule has 0 bridgehead atoms. The van der Waals surface area contributed by atoms with Gasteiger partial charge in [-0.1, -0.05) is 0 Å². The van der Waals surface area contributed by atoms with Crippen molar-refractivity contribution in [2.24, 2.45) is 0 Å². The zero-order chi connectivity index (χ0) is 25.1. The van der Waals surface area contributed by atoms with Gasteiger partial charge in [0.25, 0.3) is 0 Å². The number of likely N-dealkylation sites (N-methyl/N-ethyl adjacent to an activating group) is 1. The smallest absolute Gasteiger partial charge is 0.227 e. The number of nitrogens with one attached hydrogen (secondary N) is 1. The Bertz CT molecular complexity index is 1330. The summed E-state index contributed by atoms with van der Waals surface area (Å²) >= 11 is 1.61. The van der Waals surface area contributed by atoms with Crippen LogP contribution in [0.3, 0.4) is 0 Å². The van der Waals surface area contributed by atoms with Gasteiger partial charge in [0, 0.05) is 60.6 Å². The largest absolute Gasteiger partial charge is 0.489 e.